The molecule has 2 fully saturated rings. The minimum absolute atomic E-state index is 0.198. The van der Waals surface area contributed by atoms with Crippen molar-refractivity contribution < 1.29 is 9.84 Å². The van der Waals surface area contributed by atoms with E-state index in [1.54, 1.807) is 0 Å². The molecule has 0 spiro atoms. The number of benzene rings is 1. The Hall–Kier alpha value is -1.06. The summed E-state index contributed by atoms with van der Waals surface area (Å²) >= 11 is 0. The molecule has 2 heterocycles. The van der Waals surface area contributed by atoms with E-state index in [4.69, 9.17) is 4.74 Å². The average Bonchev–Trinajstić information content (AvgIpc) is 3.00. The van der Waals surface area contributed by atoms with Crippen LogP contribution in [-0.2, 0) is 16.6 Å². The number of nitrogens with zero attached hydrogens (tertiary/aromatic N) is 1. The van der Waals surface area contributed by atoms with Crippen LogP contribution < -0.4 is 0 Å². The molecule has 2 bridgehead atoms. The maximum absolute atomic E-state index is 9.90. The second-order valence-corrected chi connectivity index (χ2v) is 7.70. The highest BCUT2D eigenvalue weighted by atomic mass is 16.5. The van der Waals surface area contributed by atoms with Crippen LogP contribution in [0.5, 0.6) is 5.75 Å². The van der Waals surface area contributed by atoms with Crippen molar-refractivity contribution in [2.75, 3.05) is 19.7 Å². The molecule has 3 nitrogen and oxygen atoms in total. The zero-order valence-corrected chi connectivity index (χ0v) is 13.7. The van der Waals surface area contributed by atoms with Gasteiger partial charge in [-0.3, -0.25) is 4.90 Å². The van der Waals surface area contributed by atoms with Crippen LogP contribution in [0.25, 0.3) is 0 Å². The number of fused-ring (bicyclic) bond motifs is 4. The molecule has 2 aliphatic heterocycles. The lowest BCUT2D eigenvalue weighted by molar-refractivity contribution is -0.00671. The van der Waals surface area contributed by atoms with Crippen LogP contribution in [0.15, 0.2) is 18.2 Å². The average molecular weight is 301 g/mol. The summed E-state index contributed by atoms with van der Waals surface area (Å²) < 4.78 is 5.86. The van der Waals surface area contributed by atoms with Crippen LogP contribution in [0.3, 0.4) is 0 Å². The van der Waals surface area contributed by atoms with Crippen molar-refractivity contribution >= 4 is 0 Å². The molecule has 3 aliphatic rings. The van der Waals surface area contributed by atoms with Gasteiger partial charge in [0.05, 0.1) is 6.10 Å². The fraction of sp³-hybridized carbons (Fsp3) is 0.684. The Morgan fingerprint density at radius 1 is 1.41 bits per heavy atom. The monoisotopic (exact) mass is 301 g/mol. The molecule has 120 valence electrons. The van der Waals surface area contributed by atoms with Gasteiger partial charge in [-0.15, -0.1) is 0 Å². The van der Waals surface area contributed by atoms with Gasteiger partial charge in [0, 0.05) is 19.2 Å². The van der Waals surface area contributed by atoms with Crippen LogP contribution in [0.4, 0.5) is 0 Å². The largest absolute Gasteiger partial charge is 0.508 e. The number of ether oxygens (including phenoxy) is 1. The first-order chi connectivity index (χ1) is 10.6. The summed E-state index contributed by atoms with van der Waals surface area (Å²) in [5, 5.41) is 9.90. The fourth-order valence-electron chi connectivity index (χ4n) is 4.97. The van der Waals surface area contributed by atoms with Crippen molar-refractivity contribution in [1.82, 2.24) is 4.90 Å². The summed E-state index contributed by atoms with van der Waals surface area (Å²) in [6.07, 6.45) is 5.17. The van der Waals surface area contributed by atoms with Crippen LogP contribution in [0.1, 0.15) is 44.2 Å². The smallest absolute Gasteiger partial charge is 0.115 e. The lowest BCUT2D eigenvalue weighted by atomic mass is 9.59. The van der Waals surface area contributed by atoms with E-state index in [1.807, 2.05) is 12.1 Å². The molecule has 0 amide bonds. The Morgan fingerprint density at radius 3 is 3.05 bits per heavy atom. The van der Waals surface area contributed by atoms with Crippen LogP contribution in [0, 0.1) is 5.92 Å². The summed E-state index contributed by atoms with van der Waals surface area (Å²) in [5.74, 6) is 1.03. The number of aromatic hydroxyl groups is 1. The lowest BCUT2D eigenvalue weighted by Gasteiger charge is -2.55. The molecule has 22 heavy (non-hydrogen) atoms. The van der Waals surface area contributed by atoms with E-state index in [-0.39, 0.29) is 5.41 Å². The maximum atomic E-state index is 9.90. The topological polar surface area (TPSA) is 32.7 Å². The minimum Gasteiger partial charge on any atom is -0.508 e. The molecule has 4 rings (SSSR count). The highest BCUT2D eigenvalue weighted by molar-refractivity contribution is 5.44. The Balaban J connectivity index is 1.63. The molecule has 0 radical (unpaired) electrons. The van der Waals surface area contributed by atoms with Crippen LogP contribution in [0.2, 0.25) is 0 Å². The SMILES string of the molecule is C[C@H]1[C@@H]2Cc3ccc(O)cc3[C@@]1(C)CCN2C[C@H]1CCCO1. The number of piperidine rings is 1. The quantitative estimate of drug-likeness (QED) is 0.911. The summed E-state index contributed by atoms with van der Waals surface area (Å²) in [4.78, 5) is 2.68. The molecule has 1 aromatic rings. The third-order valence-electron chi connectivity index (χ3n) is 6.57. The molecule has 1 aromatic carbocycles. The van der Waals surface area contributed by atoms with Crippen LogP contribution in [-0.4, -0.2) is 41.8 Å². The van der Waals surface area contributed by atoms with E-state index >= 15 is 0 Å². The summed E-state index contributed by atoms with van der Waals surface area (Å²) in [6.45, 7) is 7.99. The first-order valence-electron chi connectivity index (χ1n) is 8.76. The first-order valence-corrected chi connectivity index (χ1v) is 8.76. The fourth-order valence-corrected chi connectivity index (χ4v) is 4.97. The molecule has 0 aromatic heterocycles. The second kappa shape index (κ2) is 5.24. The Bertz CT molecular complexity index is 567. The van der Waals surface area contributed by atoms with Crippen LogP contribution >= 0.6 is 0 Å². The van der Waals surface area contributed by atoms with Gasteiger partial charge in [0.25, 0.3) is 0 Å². The second-order valence-electron chi connectivity index (χ2n) is 7.70. The standard InChI is InChI=1S/C19H27NO2/c1-13-18-10-14-5-6-15(21)11-17(14)19(13,2)7-8-20(18)12-16-4-3-9-22-16/h5-6,11,13,16,18,21H,3-4,7-10,12H2,1-2H3/t13-,16+,18-,19-/m0/s1. The Labute approximate surface area is 133 Å². The predicted octanol–water partition coefficient (Wildman–Crippen LogP) is 3.10. The van der Waals surface area contributed by atoms with Gasteiger partial charge >= 0.3 is 0 Å². The van der Waals surface area contributed by atoms with Crippen molar-refractivity contribution in [2.45, 2.75) is 57.1 Å². The summed E-state index contributed by atoms with van der Waals surface area (Å²) in [5.41, 5.74) is 3.01. The number of hydrogen-bond donors (Lipinski definition) is 1. The molecular weight excluding hydrogens is 274 g/mol. The zero-order valence-electron chi connectivity index (χ0n) is 13.7. The van der Waals surface area contributed by atoms with Gasteiger partial charge in [-0.1, -0.05) is 19.9 Å². The molecule has 0 unspecified atom stereocenters. The first kappa shape index (κ1) is 14.5. The van der Waals surface area contributed by atoms with Gasteiger partial charge in [0.1, 0.15) is 5.75 Å². The third-order valence-corrected chi connectivity index (χ3v) is 6.57. The number of phenols is 1. The summed E-state index contributed by atoms with van der Waals surface area (Å²) in [7, 11) is 0. The highest BCUT2D eigenvalue weighted by Gasteiger charge is 2.48. The van der Waals surface area contributed by atoms with Crippen molar-refractivity contribution in [3.63, 3.8) is 0 Å². The van der Waals surface area contributed by atoms with Gasteiger partial charge in [-0.05, 0) is 66.8 Å². The molecule has 3 heteroatoms. The molecule has 1 aliphatic carbocycles. The number of rotatable bonds is 2. The molecule has 1 N–H and O–H groups in total. The molecule has 4 atom stereocenters. The van der Waals surface area contributed by atoms with Gasteiger partial charge in [0.15, 0.2) is 0 Å². The molecule has 0 saturated carbocycles. The van der Waals surface area contributed by atoms with E-state index in [9.17, 15) is 5.11 Å². The van der Waals surface area contributed by atoms with E-state index in [0.717, 1.165) is 26.1 Å². The van der Waals surface area contributed by atoms with Gasteiger partial charge in [-0.2, -0.15) is 0 Å². The number of phenolic OH excluding ortho intramolecular Hbond substituents is 1. The van der Waals surface area contributed by atoms with E-state index in [2.05, 4.69) is 24.8 Å². The Morgan fingerprint density at radius 2 is 2.27 bits per heavy atom. The van der Waals surface area contributed by atoms with Crippen molar-refractivity contribution in [2.24, 2.45) is 5.92 Å². The summed E-state index contributed by atoms with van der Waals surface area (Å²) in [6, 6.07) is 6.60. The lowest BCUT2D eigenvalue weighted by Crippen LogP contribution is -2.59. The molecular formula is C19H27NO2. The minimum atomic E-state index is 0.198. The van der Waals surface area contributed by atoms with E-state index < -0.39 is 0 Å². The Kier molecular flexibility index (Phi) is 3.46. The van der Waals surface area contributed by atoms with Gasteiger partial charge < -0.3 is 9.84 Å². The third kappa shape index (κ3) is 2.17. The van der Waals surface area contributed by atoms with Crippen molar-refractivity contribution in [3.8, 4) is 5.75 Å². The van der Waals surface area contributed by atoms with Crippen molar-refractivity contribution in [1.29, 1.82) is 0 Å². The normalized spacial score (nSPS) is 38.0. The maximum Gasteiger partial charge on any atom is 0.115 e. The van der Waals surface area contributed by atoms with Gasteiger partial charge in [-0.25, -0.2) is 0 Å². The predicted molar refractivity (Wildman–Crippen MR) is 87.3 cm³/mol. The zero-order chi connectivity index (χ0) is 15.3. The number of likely N-dealkylation sites (tertiary alicyclic amines) is 1. The van der Waals surface area contributed by atoms with Crippen molar-refractivity contribution in [3.05, 3.63) is 29.3 Å². The van der Waals surface area contributed by atoms with Gasteiger partial charge in [0.2, 0.25) is 0 Å². The number of hydrogen-bond acceptors (Lipinski definition) is 3. The highest BCUT2D eigenvalue weighted by Crippen LogP contribution is 2.49. The van der Waals surface area contributed by atoms with E-state index in [0.29, 0.717) is 23.8 Å². The molecule has 2 saturated heterocycles. The van der Waals surface area contributed by atoms with E-state index in [1.165, 1.54) is 30.4 Å².